The third kappa shape index (κ3) is 10.4. The van der Waals surface area contributed by atoms with Crippen LogP contribution >= 0.6 is 23.2 Å². The van der Waals surface area contributed by atoms with Gasteiger partial charge in [-0.05, 0) is 74.5 Å². The Labute approximate surface area is 298 Å². The number of aromatic nitrogens is 2. The van der Waals surface area contributed by atoms with Gasteiger partial charge in [0, 0.05) is 18.0 Å². The van der Waals surface area contributed by atoms with Crippen molar-refractivity contribution in [3.05, 3.63) is 117 Å². The molecule has 0 atom stereocenters. The predicted molar refractivity (Wildman–Crippen MR) is 187 cm³/mol. The fourth-order valence-electron chi connectivity index (χ4n) is 4.14. The number of Topliss-reactive ketones (excluding diaryl/α,β-unsaturated/α-hetero) is 1. The van der Waals surface area contributed by atoms with Crippen molar-refractivity contribution in [3.63, 3.8) is 0 Å². The molecule has 0 saturated carbocycles. The molecule has 4 rings (SSSR count). The summed E-state index contributed by atoms with van der Waals surface area (Å²) >= 11 is 11.5. The summed E-state index contributed by atoms with van der Waals surface area (Å²) in [4.78, 5) is 31.1. The lowest BCUT2D eigenvalue weighted by Gasteiger charge is -2.24. The SMILES string of the molecule is CCS(=O)(=O)N(Cc1ccc(C(=O)CN)cn1)c1ccc(F)c(Cl)c1.CCS(=O)(=O)N(Cc1ccc(C(=O)OC)cn1)c1ccc(F)c(Cl)c1. The van der Waals surface area contributed by atoms with E-state index in [2.05, 4.69) is 14.7 Å². The number of benzene rings is 2. The molecule has 2 N–H and O–H groups in total. The Kier molecular flexibility index (Phi) is 14.2. The van der Waals surface area contributed by atoms with Crippen LogP contribution in [0, 0.1) is 11.6 Å². The van der Waals surface area contributed by atoms with E-state index in [-0.39, 0.29) is 63.9 Å². The van der Waals surface area contributed by atoms with Gasteiger partial charge in [-0.3, -0.25) is 23.4 Å². The third-order valence-electron chi connectivity index (χ3n) is 6.97. The van der Waals surface area contributed by atoms with Crippen LogP contribution in [-0.4, -0.2) is 63.7 Å². The van der Waals surface area contributed by atoms with E-state index in [9.17, 15) is 35.2 Å². The van der Waals surface area contributed by atoms with Crippen molar-refractivity contribution in [1.82, 2.24) is 9.97 Å². The van der Waals surface area contributed by atoms with Gasteiger partial charge >= 0.3 is 5.97 Å². The van der Waals surface area contributed by atoms with Gasteiger partial charge in [-0.2, -0.15) is 0 Å². The molecule has 0 bridgehead atoms. The van der Waals surface area contributed by atoms with E-state index in [0.717, 1.165) is 20.7 Å². The van der Waals surface area contributed by atoms with E-state index in [0.29, 0.717) is 17.0 Å². The van der Waals surface area contributed by atoms with E-state index in [1.165, 1.54) is 75.8 Å². The number of carbonyl (C=O) groups is 2. The Bertz CT molecular complexity index is 1890. The van der Waals surface area contributed by atoms with Crippen LogP contribution in [0.25, 0.3) is 0 Å². The number of pyridine rings is 2. The second-order valence-corrected chi connectivity index (χ2v) is 15.4. The minimum atomic E-state index is -3.65. The molecular weight excluding hydrogens is 739 g/mol. The Morgan fingerprint density at radius 2 is 1.16 bits per heavy atom. The van der Waals surface area contributed by atoms with E-state index in [1.807, 2.05) is 0 Å². The van der Waals surface area contributed by atoms with Crippen LogP contribution < -0.4 is 14.3 Å². The molecule has 12 nitrogen and oxygen atoms in total. The number of nitrogens with two attached hydrogens (primary N) is 1. The van der Waals surface area contributed by atoms with Gasteiger partial charge in [0.1, 0.15) is 11.6 Å². The maximum absolute atomic E-state index is 13.4. The zero-order valence-corrected chi connectivity index (χ0v) is 30.2. The molecule has 0 aliphatic carbocycles. The summed E-state index contributed by atoms with van der Waals surface area (Å²) in [6.07, 6.45) is 2.65. The van der Waals surface area contributed by atoms with Gasteiger partial charge in [-0.25, -0.2) is 30.4 Å². The molecule has 0 unspecified atom stereocenters. The molecule has 0 fully saturated rings. The zero-order valence-electron chi connectivity index (χ0n) is 27.0. The second kappa shape index (κ2) is 17.6. The quantitative estimate of drug-likeness (QED) is 0.137. The number of ketones is 1. The van der Waals surface area contributed by atoms with Crippen molar-refractivity contribution < 1.29 is 39.9 Å². The van der Waals surface area contributed by atoms with Crippen LogP contribution in [-0.2, 0) is 37.9 Å². The number of carbonyl (C=O) groups excluding carboxylic acids is 2. The van der Waals surface area contributed by atoms with Crippen molar-refractivity contribution in [2.45, 2.75) is 26.9 Å². The molecule has 2 heterocycles. The lowest BCUT2D eigenvalue weighted by Crippen LogP contribution is -2.32. The van der Waals surface area contributed by atoms with Gasteiger partial charge in [0.15, 0.2) is 5.78 Å². The second-order valence-electron chi connectivity index (χ2n) is 10.2. The number of methoxy groups -OCH3 is 1. The van der Waals surface area contributed by atoms with Gasteiger partial charge in [0.05, 0.1) is 76.6 Å². The number of sulfonamides is 2. The minimum Gasteiger partial charge on any atom is -0.465 e. The lowest BCUT2D eigenvalue weighted by atomic mass is 10.2. The molecule has 2 aromatic carbocycles. The van der Waals surface area contributed by atoms with Crippen LogP contribution in [0.15, 0.2) is 73.1 Å². The molecule has 50 heavy (non-hydrogen) atoms. The molecule has 0 spiro atoms. The number of nitrogens with zero attached hydrogens (tertiary/aromatic N) is 4. The highest BCUT2D eigenvalue weighted by Crippen LogP contribution is 2.28. The summed E-state index contributed by atoms with van der Waals surface area (Å²) in [7, 11) is -6.04. The lowest BCUT2D eigenvalue weighted by molar-refractivity contribution is 0.0600. The Hall–Kier alpha value is -4.22. The monoisotopic (exact) mass is 771 g/mol. The van der Waals surface area contributed by atoms with Crippen LogP contribution in [0.1, 0.15) is 46.0 Å². The molecule has 0 aliphatic rings. The Balaban J connectivity index is 0.000000270. The highest BCUT2D eigenvalue weighted by Gasteiger charge is 2.24. The molecule has 2 aromatic heterocycles. The fourth-order valence-corrected chi connectivity index (χ4v) is 6.64. The van der Waals surface area contributed by atoms with E-state index < -0.39 is 37.7 Å². The smallest absolute Gasteiger partial charge is 0.339 e. The molecule has 0 saturated heterocycles. The first-order valence-electron chi connectivity index (χ1n) is 14.7. The van der Waals surface area contributed by atoms with Crippen molar-refractivity contribution in [1.29, 1.82) is 0 Å². The number of rotatable bonds is 13. The van der Waals surface area contributed by atoms with E-state index in [1.54, 1.807) is 6.07 Å². The molecular formula is C32H33Cl2F2N5O7S2. The Morgan fingerprint density at radius 1 is 0.740 bits per heavy atom. The first-order valence-corrected chi connectivity index (χ1v) is 18.7. The summed E-state index contributed by atoms with van der Waals surface area (Å²) < 4.78 is 83.2. The van der Waals surface area contributed by atoms with E-state index in [4.69, 9.17) is 28.9 Å². The number of ether oxygens (including phenoxy) is 1. The van der Waals surface area contributed by atoms with Gasteiger partial charge in [0.2, 0.25) is 20.0 Å². The third-order valence-corrected chi connectivity index (χ3v) is 11.0. The Morgan fingerprint density at radius 3 is 1.48 bits per heavy atom. The van der Waals surface area contributed by atoms with Gasteiger partial charge < -0.3 is 10.5 Å². The van der Waals surface area contributed by atoms with Crippen molar-refractivity contribution in [2.75, 3.05) is 33.8 Å². The van der Waals surface area contributed by atoms with Crippen LogP contribution in [0.5, 0.6) is 0 Å². The number of hydrogen-bond donors (Lipinski definition) is 1. The number of anilines is 2. The summed E-state index contributed by atoms with van der Waals surface area (Å²) in [6.45, 7) is 2.71. The maximum atomic E-state index is 13.4. The molecule has 268 valence electrons. The van der Waals surface area contributed by atoms with Gasteiger partial charge in [-0.15, -0.1) is 0 Å². The molecule has 0 aliphatic heterocycles. The van der Waals surface area contributed by atoms with Gasteiger partial charge in [-0.1, -0.05) is 23.2 Å². The summed E-state index contributed by atoms with van der Waals surface area (Å²) in [5, 5.41) is -0.353. The minimum absolute atomic E-state index is 0.0742. The molecule has 18 heteroatoms. The maximum Gasteiger partial charge on any atom is 0.339 e. The highest BCUT2D eigenvalue weighted by molar-refractivity contribution is 7.93. The van der Waals surface area contributed by atoms with Gasteiger partial charge in [0.25, 0.3) is 0 Å². The largest absolute Gasteiger partial charge is 0.465 e. The number of hydrogen-bond acceptors (Lipinski definition) is 10. The normalized spacial score (nSPS) is 11.3. The zero-order chi connectivity index (χ0) is 37.2. The van der Waals surface area contributed by atoms with Crippen LogP contribution in [0.3, 0.4) is 0 Å². The number of esters is 1. The summed E-state index contributed by atoms with van der Waals surface area (Å²) in [5.41, 5.74) is 7.18. The standard InChI is InChI=1S/C16H17ClFN3O3S.C16H16ClFN2O4S/c1-2-25(23,24)21(13-5-6-15(18)14(17)7-13)10-12-4-3-11(9-20-12)16(22)8-19;1-3-25(22,23)20(13-6-7-15(18)14(17)8-13)10-12-5-4-11(9-19-12)16(21)24-2/h3-7,9H,2,8,10,19H2,1H3;4-9H,3,10H2,1-2H3. The van der Waals surface area contributed by atoms with Crippen molar-refractivity contribution in [2.24, 2.45) is 5.73 Å². The average Bonchev–Trinajstić information content (AvgIpc) is 3.12. The molecule has 4 aromatic rings. The van der Waals surface area contributed by atoms with Crippen LogP contribution in [0.2, 0.25) is 10.0 Å². The summed E-state index contributed by atoms with van der Waals surface area (Å²) in [5.74, 6) is -2.37. The van der Waals surface area contributed by atoms with Crippen molar-refractivity contribution >= 4 is 66.4 Å². The molecule has 0 radical (unpaired) electrons. The average molecular weight is 773 g/mol. The number of halogens is 4. The van der Waals surface area contributed by atoms with E-state index >= 15 is 0 Å². The molecule has 0 amide bonds. The summed E-state index contributed by atoms with van der Waals surface area (Å²) in [6, 6.07) is 13.5. The fraction of sp³-hybridized carbons (Fsp3) is 0.250. The predicted octanol–water partition coefficient (Wildman–Crippen LogP) is 5.39. The first-order chi connectivity index (χ1) is 23.6. The first kappa shape index (κ1) is 40.2. The highest BCUT2D eigenvalue weighted by atomic mass is 35.5. The topological polar surface area (TPSA) is 170 Å². The van der Waals surface area contributed by atoms with Crippen LogP contribution in [0.4, 0.5) is 20.2 Å². The van der Waals surface area contributed by atoms with Crippen molar-refractivity contribution in [3.8, 4) is 0 Å².